The van der Waals surface area contributed by atoms with Crippen LogP contribution in [0, 0.1) is 11.8 Å². The van der Waals surface area contributed by atoms with Crippen molar-refractivity contribution in [2.75, 3.05) is 6.61 Å². The lowest BCUT2D eigenvalue weighted by Gasteiger charge is -2.31. The Labute approximate surface area is 82.7 Å². The highest BCUT2D eigenvalue weighted by molar-refractivity contribution is 5.95. The second-order valence-corrected chi connectivity index (χ2v) is 3.92. The van der Waals surface area contributed by atoms with E-state index < -0.39 is 0 Å². The average Bonchev–Trinajstić information content (AvgIpc) is 2.23. The Morgan fingerprint density at radius 1 is 1.50 bits per heavy atom. The molecule has 0 saturated carbocycles. The summed E-state index contributed by atoms with van der Waals surface area (Å²) in [6.45, 7) is 0.00745. The van der Waals surface area contributed by atoms with Crippen molar-refractivity contribution in [3.8, 4) is 0 Å². The average molecular weight is 194 g/mol. The highest BCUT2D eigenvalue weighted by Gasteiger charge is 2.33. The van der Waals surface area contributed by atoms with E-state index in [1.165, 1.54) is 0 Å². The summed E-state index contributed by atoms with van der Waals surface area (Å²) in [7, 11) is 0. The molecular weight excluding hydrogens is 180 g/mol. The molecule has 0 spiro atoms. The van der Waals surface area contributed by atoms with Crippen molar-refractivity contribution >= 4 is 5.78 Å². The van der Waals surface area contributed by atoms with E-state index in [0.29, 0.717) is 6.42 Å². The Hall–Kier alpha value is -1.09. The van der Waals surface area contributed by atoms with E-state index in [2.05, 4.69) is 0 Å². The van der Waals surface area contributed by atoms with Crippen LogP contribution < -0.4 is 0 Å². The fourth-order valence-electron chi connectivity index (χ4n) is 2.30. The van der Waals surface area contributed by atoms with E-state index in [1.54, 1.807) is 0 Å². The predicted octanol–water partition coefficient (Wildman–Crippen LogP) is 1.35. The summed E-state index contributed by atoms with van der Waals surface area (Å²) in [6, 6.07) is 0. The molecule has 14 heavy (non-hydrogen) atoms. The molecule has 0 saturated heterocycles. The molecule has 0 heterocycles. The minimum absolute atomic E-state index is 0.00745. The molecule has 2 rings (SSSR count). The van der Waals surface area contributed by atoms with Crippen LogP contribution in [0.15, 0.2) is 23.5 Å². The lowest BCUT2D eigenvalue weighted by molar-refractivity contribution is -0.119. The number of aliphatic hydroxyl groups is 2. The molecule has 2 atom stereocenters. The predicted molar refractivity (Wildman–Crippen MR) is 51.7 cm³/mol. The van der Waals surface area contributed by atoms with E-state index in [1.807, 2.05) is 12.2 Å². The van der Waals surface area contributed by atoms with Crippen LogP contribution in [-0.4, -0.2) is 22.6 Å². The van der Waals surface area contributed by atoms with Crippen LogP contribution in [0.3, 0.4) is 0 Å². The van der Waals surface area contributed by atoms with Crippen LogP contribution in [0.2, 0.25) is 0 Å². The molecule has 2 aliphatic carbocycles. The van der Waals surface area contributed by atoms with Crippen molar-refractivity contribution < 1.29 is 15.0 Å². The molecule has 2 aliphatic rings. The Balaban J connectivity index is 2.41. The minimum atomic E-state index is -0.176. The molecule has 3 nitrogen and oxygen atoms in total. The minimum Gasteiger partial charge on any atom is -0.504 e. The molecule has 3 heteroatoms. The first-order valence-electron chi connectivity index (χ1n) is 4.97. The molecular formula is C11H14O3. The Bertz CT molecular complexity index is 314. The second-order valence-electron chi connectivity index (χ2n) is 3.92. The maximum absolute atomic E-state index is 11.3. The number of hydrogen-bond acceptors (Lipinski definition) is 3. The topological polar surface area (TPSA) is 57.5 Å². The molecule has 76 valence electrons. The molecule has 0 aromatic carbocycles. The highest BCUT2D eigenvalue weighted by Crippen LogP contribution is 2.37. The number of ketones is 1. The number of aliphatic hydroxyl groups excluding tert-OH is 2. The van der Waals surface area contributed by atoms with Crippen molar-refractivity contribution in [3.05, 3.63) is 23.5 Å². The summed E-state index contributed by atoms with van der Waals surface area (Å²) in [6.07, 6.45) is 5.97. The zero-order valence-electron chi connectivity index (χ0n) is 7.94. The van der Waals surface area contributed by atoms with Gasteiger partial charge in [-0.05, 0) is 18.4 Å². The van der Waals surface area contributed by atoms with Crippen molar-refractivity contribution in [2.24, 2.45) is 11.8 Å². The number of fused-ring (bicyclic) bond motifs is 1. The van der Waals surface area contributed by atoms with Gasteiger partial charge in [0, 0.05) is 18.3 Å². The largest absolute Gasteiger partial charge is 0.504 e. The third kappa shape index (κ3) is 1.38. The van der Waals surface area contributed by atoms with Gasteiger partial charge in [-0.1, -0.05) is 12.2 Å². The van der Waals surface area contributed by atoms with Gasteiger partial charge in [0.1, 0.15) is 0 Å². The number of carbonyl (C=O) groups is 1. The van der Waals surface area contributed by atoms with Crippen molar-refractivity contribution in [1.82, 2.24) is 0 Å². The summed E-state index contributed by atoms with van der Waals surface area (Å²) >= 11 is 0. The van der Waals surface area contributed by atoms with Gasteiger partial charge < -0.3 is 10.2 Å². The van der Waals surface area contributed by atoms with Gasteiger partial charge in [0.25, 0.3) is 0 Å². The number of carbonyl (C=O) groups excluding carboxylic acids is 1. The Kier molecular flexibility index (Phi) is 2.42. The molecule has 2 N–H and O–H groups in total. The molecule has 0 bridgehead atoms. The third-order valence-corrected chi connectivity index (χ3v) is 3.07. The Morgan fingerprint density at radius 2 is 2.29 bits per heavy atom. The monoisotopic (exact) mass is 194 g/mol. The smallest absolute Gasteiger partial charge is 0.197 e. The summed E-state index contributed by atoms with van der Waals surface area (Å²) in [5.74, 6) is -0.164. The summed E-state index contributed by atoms with van der Waals surface area (Å²) < 4.78 is 0. The molecule has 0 aliphatic heterocycles. The zero-order chi connectivity index (χ0) is 10.1. The number of hydrogen-bond donors (Lipinski definition) is 2. The number of allylic oxidation sites excluding steroid dienone is 3. The summed E-state index contributed by atoms with van der Waals surface area (Å²) in [5, 5.41) is 18.8. The van der Waals surface area contributed by atoms with E-state index in [-0.39, 0.29) is 30.0 Å². The van der Waals surface area contributed by atoms with Crippen LogP contribution in [-0.2, 0) is 4.79 Å². The van der Waals surface area contributed by atoms with Crippen LogP contribution in [0.25, 0.3) is 0 Å². The number of Topliss-reactive ketones (excluding diaryl/α,β-unsaturated/α-hetero) is 1. The quantitative estimate of drug-likeness (QED) is 0.619. The van der Waals surface area contributed by atoms with E-state index >= 15 is 0 Å². The van der Waals surface area contributed by atoms with Crippen molar-refractivity contribution in [3.63, 3.8) is 0 Å². The second kappa shape index (κ2) is 3.58. The molecule has 0 unspecified atom stereocenters. The van der Waals surface area contributed by atoms with Gasteiger partial charge in [-0.2, -0.15) is 0 Å². The normalized spacial score (nSPS) is 31.9. The van der Waals surface area contributed by atoms with Gasteiger partial charge in [-0.25, -0.2) is 0 Å². The standard InChI is InChI=1S/C11H14O3/c12-6-8-3-1-2-7-4-5-9(13)11(14)10(7)8/h1-2,7-8,12,14H,3-6H2/t7-,8+/m0/s1. The van der Waals surface area contributed by atoms with Crippen molar-refractivity contribution in [1.29, 1.82) is 0 Å². The molecule has 0 radical (unpaired) electrons. The van der Waals surface area contributed by atoms with Crippen LogP contribution in [0.5, 0.6) is 0 Å². The van der Waals surface area contributed by atoms with Crippen LogP contribution in [0.1, 0.15) is 19.3 Å². The number of rotatable bonds is 1. The Morgan fingerprint density at radius 3 is 3.00 bits per heavy atom. The fraction of sp³-hybridized carbons (Fsp3) is 0.545. The fourth-order valence-corrected chi connectivity index (χ4v) is 2.30. The first kappa shape index (κ1) is 9.46. The maximum Gasteiger partial charge on any atom is 0.197 e. The first-order valence-corrected chi connectivity index (χ1v) is 4.97. The lowest BCUT2D eigenvalue weighted by Crippen LogP contribution is -2.27. The van der Waals surface area contributed by atoms with E-state index in [9.17, 15) is 9.90 Å². The highest BCUT2D eigenvalue weighted by atomic mass is 16.3. The maximum atomic E-state index is 11.3. The zero-order valence-corrected chi connectivity index (χ0v) is 7.94. The van der Waals surface area contributed by atoms with Gasteiger partial charge >= 0.3 is 0 Å². The summed E-state index contributed by atoms with van der Waals surface area (Å²) in [5.41, 5.74) is 0.756. The molecule has 0 aromatic heterocycles. The SMILES string of the molecule is O=C1CC[C@@H]2C=CC[C@H](CO)C2=C1O. The van der Waals surface area contributed by atoms with E-state index in [0.717, 1.165) is 18.4 Å². The molecule has 0 aromatic rings. The van der Waals surface area contributed by atoms with E-state index in [4.69, 9.17) is 5.11 Å². The van der Waals surface area contributed by atoms with Gasteiger partial charge in [0.05, 0.1) is 6.61 Å². The van der Waals surface area contributed by atoms with Crippen LogP contribution >= 0.6 is 0 Å². The van der Waals surface area contributed by atoms with Gasteiger partial charge in [0.15, 0.2) is 11.5 Å². The van der Waals surface area contributed by atoms with Gasteiger partial charge in [0.2, 0.25) is 0 Å². The van der Waals surface area contributed by atoms with Crippen LogP contribution in [0.4, 0.5) is 0 Å². The molecule has 0 fully saturated rings. The van der Waals surface area contributed by atoms with Gasteiger partial charge in [-0.15, -0.1) is 0 Å². The third-order valence-electron chi connectivity index (χ3n) is 3.07. The first-order chi connectivity index (χ1) is 6.74. The van der Waals surface area contributed by atoms with Gasteiger partial charge in [-0.3, -0.25) is 4.79 Å². The van der Waals surface area contributed by atoms with Crippen molar-refractivity contribution in [2.45, 2.75) is 19.3 Å². The summed E-state index contributed by atoms with van der Waals surface area (Å²) in [4.78, 5) is 11.3. The lowest BCUT2D eigenvalue weighted by atomic mass is 9.75. The molecule has 0 amide bonds.